The molecule has 41 heavy (non-hydrogen) atoms. The summed E-state index contributed by atoms with van der Waals surface area (Å²) < 4.78 is 28.1. The number of ether oxygens (including phenoxy) is 2. The number of aromatic nitrogens is 4. The number of carbonyl (C=O) groups is 2. The van der Waals surface area contributed by atoms with Gasteiger partial charge in [0.25, 0.3) is 0 Å². The van der Waals surface area contributed by atoms with Gasteiger partial charge in [0.1, 0.15) is 22.8 Å². The molecule has 0 saturated heterocycles. The number of pyridine rings is 1. The second-order valence-electron chi connectivity index (χ2n) is 11.8. The first-order valence-electron chi connectivity index (χ1n) is 12.9. The summed E-state index contributed by atoms with van der Waals surface area (Å²) in [5, 5.41) is 4.50. The van der Waals surface area contributed by atoms with Gasteiger partial charge in [-0.3, -0.25) is 4.98 Å². The number of para-hydroxylation sites is 1. The molecule has 2 amide bonds. The highest BCUT2D eigenvalue weighted by molar-refractivity contribution is 14.1. The molecule has 1 aliphatic rings. The van der Waals surface area contributed by atoms with E-state index in [9.17, 15) is 14.0 Å². The number of rotatable bonds is 3. The number of fused-ring (bicyclic) bond motifs is 2. The SMILES string of the molecule is CC(C)(C)OC(=O)N1c2ccccc2C1(C)N(C(=O)OC(C)(C)C)c1cc(-c2cncc(F)c2)nc2c(I)cnn12. The molecule has 0 saturated carbocycles. The Hall–Kier alpha value is -3.81. The summed E-state index contributed by atoms with van der Waals surface area (Å²) in [5.41, 5.74) is -0.597. The van der Waals surface area contributed by atoms with Crippen molar-refractivity contribution in [1.82, 2.24) is 19.6 Å². The van der Waals surface area contributed by atoms with E-state index in [2.05, 4.69) is 32.7 Å². The van der Waals surface area contributed by atoms with Crippen molar-refractivity contribution in [3.63, 3.8) is 0 Å². The number of amides is 2. The summed E-state index contributed by atoms with van der Waals surface area (Å²) in [5.74, 6) is -0.286. The fourth-order valence-corrected chi connectivity index (χ4v) is 5.23. The van der Waals surface area contributed by atoms with E-state index in [1.165, 1.54) is 26.6 Å². The first-order chi connectivity index (χ1) is 19.1. The first kappa shape index (κ1) is 28.7. The number of anilines is 2. The molecule has 0 N–H and O–H groups in total. The highest BCUT2D eigenvalue weighted by Gasteiger charge is 2.58. The van der Waals surface area contributed by atoms with Crippen LogP contribution in [0.1, 0.15) is 54.0 Å². The third-order valence-corrected chi connectivity index (χ3v) is 7.08. The lowest BCUT2D eigenvalue weighted by Gasteiger charge is -2.55. The molecule has 5 rings (SSSR count). The van der Waals surface area contributed by atoms with Gasteiger partial charge in [-0.15, -0.1) is 0 Å². The third kappa shape index (κ3) is 5.20. The number of halogens is 2. The summed E-state index contributed by atoms with van der Waals surface area (Å²) in [7, 11) is 0. The highest BCUT2D eigenvalue weighted by atomic mass is 127. The molecule has 0 bridgehead atoms. The molecule has 1 aromatic carbocycles. The van der Waals surface area contributed by atoms with Gasteiger partial charge in [0, 0.05) is 23.4 Å². The Morgan fingerprint density at radius 3 is 2.34 bits per heavy atom. The Morgan fingerprint density at radius 2 is 1.68 bits per heavy atom. The lowest BCUT2D eigenvalue weighted by Crippen LogP contribution is -2.68. The molecule has 4 heterocycles. The third-order valence-electron chi connectivity index (χ3n) is 6.32. The number of hydrogen-bond acceptors (Lipinski definition) is 7. The number of nitrogens with zero attached hydrogens (tertiary/aromatic N) is 6. The second kappa shape index (κ2) is 9.93. The smallest absolute Gasteiger partial charge is 0.418 e. The average molecular weight is 672 g/mol. The van der Waals surface area contributed by atoms with Crippen LogP contribution >= 0.6 is 22.6 Å². The van der Waals surface area contributed by atoms with E-state index >= 15 is 0 Å². The van der Waals surface area contributed by atoms with Gasteiger partial charge >= 0.3 is 12.2 Å². The summed E-state index contributed by atoms with van der Waals surface area (Å²) in [6, 6.07) is 10.2. The molecule has 12 heteroatoms. The molecule has 0 radical (unpaired) electrons. The van der Waals surface area contributed by atoms with Gasteiger partial charge in [-0.2, -0.15) is 9.61 Å². The Labute approximate surface area is 250 Å². The lowest BCUT2D eigenvalue weighted by atomic mass is 9.86. The van der Waals surface area contributed by atoms with Gasteiger partial charge in [-0.05, 0) is 83.2 Å². The van der Waals surface area contributed by atoms with Crippen LogP contribution < -0.4 is 9.80 Å². The molecule has 4 aromatic rings. The Morgan fingerprint density at radius 1 is 1.00 bits per heavy atom. The van der Waals surface area contributed by atoms with Gasteiger partial charge in [0.2, 0.25) is 0 Å². The van der Waals surface area contributed by atoms with Crippen molar-refractivity contribution in [2.24, 2.45) is 0 Å². The monoisotopic (exact) mass is 672 g/mol. The van der Waals surface area contributed by atoms with E-state index < -0.39 is 34.9 Å². The lowest BCUT2D eigenvalue weighted by molar-refractivity contribution is 0.0449. The predicted molar refractivity (Wildman–Crippen MR) is 160 cm³/mol. The minimum atomic E-state index is -1.40. The van der Waals surface area contributed by atoms with Crippen LogP contribution in [0.2, 0.25) is 0 Å². The first-order valence-corrected chi connectivity index (χ1v) is 14.0. The number of hydrogen-bond donors (Lipinski definition) is 0. The Kier molecular flexibility index (Phi) is 6.95. The molecular weight excluding hydrogens is 642 g/mol. The minimum Gasteiger partial charge on any atom is -0.443 e. The average Bonchev–Trinajstić information content (AvgIpc) is 3.22. The largest absolute Gasteiger partial charge is 0.443 e. The van der Waals surface area contributed by atoms with Gasteiger partial charge in [-0.1, -0.05) is 18.2 Å². The maximum atomic E-state index is 14.2. The molecule has 10 nitrogen and oxygen atoms in total. The quantitative estimate of drug-likeness (QED) is 0.218. The predicted octanol–water partition coefficient (Wildman–Crippen LogP) is 6.90. The van der Waals surface area contributed by atoms with Crippen molar-refractivity contribution < 1.29 is 23.5 Å². The van der Waals surface area contributed by atoms with Crippen LogP contribution in [0, 0.1) is 9.39 Å². The Bertz CT molecular complexity index is 1680. The van der Waals surface area contributed by atoms with Crippen LogP contribution in [0.15, 0.2) is 55.0 Å². The zero-order valence-corrected chi connectivity index (χ0v) is 25.9. The summed E-state index contributed by atoms with van der Waals surface area (Å²) in [6.45, 7) is 12.3. The minimum absolute atomic E-state index is 0.247. The van der Waals surface area contributed by atoms with Crippen molar-refractivity contribution in [3.05, 3.63) is 69.9 Å². The maximum absolute atomic E-state index is 14.2. The number of carbonyl (C=O) groups excluding carboxylic acids is 2. The molecule has 214 valence electrons. The van der Waals surface area contributed by atoms with E-state index in [0.717, 1.165) is 6.20 Å². The zero-order chi connectivity index (χ0) is 29.9. The van der Waals surface area contributed by atoms with Crippen LogP contribution in [-0.4, -0.2) is 43.0 Å². The van der Waals surface area contributed by atoms with Crippen molar-refractivity contribution in [3.8, 4) is 11.3 Å². The fourth-order valence-electron chi connectivity index (χ4n) is 4.76. The van der Waals surface area contributed by atoms with Gasteiger partial charge < -0.3 is 9.47 Å². The van der Waals surface area contributed by atoms with Crippen LogP contribution in [0.5, 0.6) is 0 Å². The van der Waals surface area contributed by atoms with Gasteiger partial charge in [-0.25, -0.2) is 28.8 Å². The Balaban J connectivity index is 1.79. The molecule has 1 unspecified atom stereocenters. The summed E-state index contributed by atoms with van der Waals surface area (Å²) >= 11 is 2.09. The fraction of sp³-hybridized carbons (Fsp3) is 0.345. The molecular formula is C29H30FIN6O4. The van der Waals surface area contributed by atoms with E-state index in [1.807, 2.05) is 18.2 Å². The number of benzene rings is 1. The summed E-state index contributed by atoms with van der Waals surface area (Å²) in [6.07, 6.45) is 2.83. The van der Waals surface area contributed by atoms with Crippen molar-refractivity contribution in [2.45, 2.75) is 65.3 Å². The standard InChI is InChI=1S/C29H30FIN6O4/c1-27(2,3)40-25(38)35-22-11-9-8-10-19(22)29(35,7)36(26(39)41-28(4,5)6)23-13-21(17-12-18(30)15-32-14-17)34-24-20(31)16-33-37(23)24/h8-16H,1-7H3. The maximum Gasteiger partial charge on any atom is 0.418 e. The van der Waals surface area contributed by atoms with Crippen LogP contribution in [0.25, 0.3) is 16.9 Å². The second-order valence-corrected chi connectivity index (χ2v) is 13.0. The van der Waals surface area contributed by atoms with E-state index in [1.54, 1.807) is 66.8 Å². The van der Waals surface area contributed by atoms with Crippen molar-refractivity contribution in [2.75, 3.05) is 9.80 Å². The van der Waals surface area contributed by atoms with E-state index in [-0.39, 0.29) is 5.82 Å². The van der Waals surface area contributed by atoms with Crippen molar-refractivity contribution >= 4 is 51.9 Å². The molecule has 3 aromatic heterocycles. The topological polar surface area (TPSA) is 102 Å². The van der Waals surface area contributed by atoms with Gasteiger partial charge in [0.05, 0.1) is 27.3 Å². The van der Waals surface area contributed by atoms with Crippen LogP contribution in [0.3, 0.4) is 0 Å². The van der Waals surface area contributed by atoms with E-state index in [0.29, 0.717) is 31.7 Å². The van der Waals surface area contributed by atoms with E-state index in [4.69, 9.17) is 14.5 Å². The zero-order valence-electron chi connectivity index (χ0n) is 23.8. The normalized spacial score (nSPS) is 16.7. The molecule has 0 spiro atoms. The molecule has 0 fully saturated rings. The van der Waals surface area contributed by atoms with Crippen molar-refractivity contribution in [1.29, 1.82) is 0 Å². The van der Waals surface area contributed by atoms with Crippen LogP contribution in [0.4, 0.5) is 25.5 Å². The molecule has 1 atom stereocenters. The summed E-state index contributed by atoms with van der Waals surface area (Å²) in [4.78, 5) is 39.4. The molecule has 1 aliphatic heterocycles. The molecule has 0 aliphatic carbocycles. The van der Waals surface area contributed by atoms with Crippen LogP contribution in [-0.2, 0) is 15.1 Å². The highest BCUT2D eigenvalue weighted by Crippen LogP contribution is 2.52. The van der Waals surface area contributed by atoms with Gasteiger partial charge in [0.15, 0.2) is 11.3 Å².